The molecule has 0 aromatic carbocycles. The quantitative estimate of drug-likeness (QED) is 0.187. The van der Waals surface area contributed by atoms with Crippen LogP contribution in [0.5, 0.6) is 0 Å². The maximum Gasteiger partial charge on any atom is 0.186 e. The minimum Gasteiger partial charge on any atom is -0.415 e. The first-order chi connectivity index (χ1) is 20.9. The van der Waals surface area contributed by atoms with Crippen LogP contribution in [0.2, 0.25) is 118 Å². The highest BCUT2D eigenvalue weighted by atomic mass is 28.4. The molecular formula is C30H71NO10Si6. The van der Waals surface area contributed by atoms with Crippen LogP contribution in [0.25, 0.3) is 0 Å². The summed E-state index contributed by atoms with van der Waals surface area (Å²) in [5.74, 6) is 0. The Morgan fingerprint density at radius 3 is 1.26 bits per heavy atom. The summed E-state index contributed by atoms with van der Waals surface area (Å²) in [4.78, 5) is 0. The average Bonchev–Trinajstić information content (AvgIpc) is 2.80. The third kappa shape index (κ3) is 15.6. The zero-order chi connectivity index (χ0) is 36.6. The topological polar surface area (TPSA) is 129 Å². The molecule has 2 rings (SSSR count). The van der Waals surface area contributed by atoms with Gasteiger partial charge in [-0.2, -0.15) is 0 Å². The van der Waals surface area contributed by atoms with Crippen LogP contribution in [0.4, 0.5) is 0 Å². The first kappa shape index (κ1) is 44.0. The van der Waals surface area contributed by atoms with Crippen molar-refractivity contribution in [2.75, 3.05) is 13.2 Å². The van der Waals surface area contributed by atoms with Gasteiger partial charge in [-0.25, -0.2) is 0 Å². The van der Waals surface area contributed by atoms with Crippen LogP contribution in [-0.4, -0.2) is 130 Å². The van der Waals surface area contributed by atoms with E-state index in [0.717, 1.165) is 0 Å². The lowest BCUT2D eigenvalue weighted by Gasteiger charge is -2.53. The first-order valence-corrected chi connectivity index (χ1v) is 37.7. The van der Waals surface area contributed by atoms with Crippen molar-refractivity contribution in [2.24, 2.45) is 5.73 Å². The van der Waals surface area contributed by atoms with E-state index in [1.807, 2.05) is 0 Å². The number of ether oxygens (including phenoxy) is 3. The monoisotopic (exact) mass is 773 g/mol. The van der Waals surface area contributed by atoms with Crippen molar-refractivity contribution in [1.29, 1.82) is 0 Å². The average molecular weight is 774 g/mol. The van der Waals surface area contributed by atoms with Gasteiger partial charge in [0.25, 0.3) is 0 Å². The molecule has 0 bridgehead atoms. The number of nitrogens with two attached hydrogens (primary N) is 1. The van der Waals surface area contributed by atoms with Gasteiger partial charge < -0.3 is 51.6 Å². The van der Waals surface area contributed by atoms with Crippen LogP contribution < -0.4 is 5.73 Å². The lowest BCUT2D eigenvalue weighted by atomic mass is 9.97. The molecule has 47 heavy (non-hydrogen) atoms. The van der Waals surface area contributed by atoms with Crippen molar-refractivity contribution < 1.29 is 45.9 Å². The Balaban J connectivity index is 2.74. The molecule has 0 aromatic heterocycles. The maximum atomic E-state index is 11.4. The first-order valence-electron chi connectivity index (χ1n) is 17.3. The van der Waals surface area contributed by atoms with E-state index < -0.39 is 111 Å². The highest BCUT2D eigenvalue weighted by Crippen LogP contribution is 2.38. The van der Waals surface area contributed by atoms with E-state index >= 15 is 0 Å². The van der Waals surface area contributed by atoms with Crippen LogP contribution in [0.3, 0.4) is 0 Å². The molecule has 0 spiro atoms. The van der Waals surface area contributed by atoms with Crippen molar-refractivity contribution in [2.45, 2.75) is 179 Å². The Morgan fingerprint density at radius 2 is 0.851 bits per heavy atom. The fourth-order valence-corrected chi connectivity index (χ4v) is 11.6. The number of aliphatic hydroxyl groups is 1. The third-order valence-corrected chi connectivity index (χ3v) is 12.8. The molecule has 2 fully saturated rings. The van der Waals surface area contributed by atoms with Crippen molar-refractivity contribution in [1.82, 2.24) is 0 Å². The van der Waals surface area contributed by atoms with Gasteiger partial charge in [0.15, 0.2) is 62.5 Å². The van der Waals surface area contributed by atoms with Gasteiger partial charge in [0.05, 0.1) is 6.61 Å². The van der Waals surface area contributed by atoms with E-state index in [0.29, 0.717) is 0 Å². The lowest BCUT2D eigenvalue weighted by Crippen LogP contribution is -2.69. The minimum absolute atomic E-state index is 0.221. The molecule has 280 valence electrons. The fourth-order valence-electron chi connectivity index (χ4n) is 5.56. The number of hydrogen-bond donors (Lipinski definition) is 2. The Labute approximate surface area is 292 Å². The smallest absolute Gasteiger partial charge is 0.186 e. The highest BCUT2D eigenvalue weighted by Gasteiger charge is 2.56. The van der Waals surface area contributed by atoms with E-state index in [1.165, 1.54) is 0 Å². The molecule has 17 heteroatoms. The van der Waals surface area contributed by atoms with Crippen LogP contribution in [0, 0.1) is 0 Å². The molecule has 3 N–H and O–H groups in total. The zero-order valence-corrected chi connectivity index (χ0v) is 38.9. The second-order valence-electron chi connectivity index (χ2n) is 18.8. The Bertz CT molecular complexity index is 973. The van der Waals surface area contributed by atoms with E-state index in [4.69, 9.17) is 46.5 Å². The van der Waals surface area contributed by atoms with Gasteiger partial charge in [0, 0.05) is 6.54 Å². The van der Waals surface area contributed by atoms with E-state index in [-0.39, 0.29) is 13.2 Å². The van der Waals surface area contributed by atoms with Gasteiger partial charge in [-0.1, -0.05) is 0 Å². The van der Waals surface area contributed by atoms with Crippen LogP contribution >= 0.6 is 0 Å². The zero-order valence-electron chi connectivity index (χ0n) is 32.9. The Morgan fingerprint density at radius 1 is 0.468 bits per heavy atom. The lowest BCUT2D eigenvalue weighted by molar-refractivity contribution is -0.344. The van der Waals surface area contributed by atoms with Gasteiger partial charge in [-0.15, -0.1) is 0 Å². The fraction of sp³-hybridized carbons (Fsp3) is 1.00. The molecular weight excluding hydrogens is 703 g/mol. The van der Waals surface area contributed by atoms with Gasteiger partial charge >= 0.3 is 0 Å². The summed E-state index contributed by atoms with van der Waals surface area (Å²) in [5.41, 5.74) is 6.42. The Hall–Kier alpha value is 0.861. The predicted octanol–water partition coefficient (Wildman–Crippen LogP) is 5.72. The predicted molar refractivity (Wildman–Crippen MR) is 204 cm³/mol. The molecule has 10 atom stereocenters. The molecule has 11 nitrogen and oxygen atoms in total. The second kappa shape index (κ2) is 16.3. The summed E-state index contributed by atoms with van der Waals surface area (Å²) >= 11 is 0. The SMILES string of the molecule is C[Si](C)(C)OC[C@H]1O[C@H](O)[C@H](O[Si](C)(C)C)[C@@H](O[Si](C)(C)C)[C@@H]1O[C@H]1O[C@H](CN)[C@@H](O[Si](C)(C)C)[C@H](O[Si](C)(C)C)[C@H]1O[Si](C)(C)C. The normalized spacial score (nSPS) is 33.7. The van der Waals surface area contributed by atoms with Crippen molar-refractivity contribution in [3.63, 3.8) is 0 Å². The maximum absolute atomic E-state index is 11.4. The summed E-state index contributed by atoms with van der Waals surface area (Å²) in [5, 5.41) is 11.4. The third-order valence-electron chi connectivity index (χ3n) is 6.85. The summed E-state index contributed by atoms with van der Waals surface area (Å²) < 4.78 is 60.8. The van der Waals surface area contributed by atoms with Crippen molar-refractivity contribution >= 4 is 49.9 Å². The Kier molecular flexibility index (Phi) is 15.2. The summed E-state index contributed by atoms with van der Waals surface area (Å²) in [6.07, 6.45) is -6.85. The molecule has 2 saturated heterocycles. The molecule has 2 heterocycles. The van der Waals surface area contributed by atoms with Crippen molar-refractivity contribution in [3.05, 3.63) is 0 Å². The largest absolute Gasteiger partial charge is 0.415 e. The van der Waals surface area contributed by atoms with Gasteiger partial charge in [0.1, 0.15) is 48.8 Å². The van der Waals surface area contributed by atoms with Gasteiger partial charge in [-0.3, -0.25) is 0 Å². The van der Waals surface area contributed by atoms with Crippen molar-refractivity contribution in [3.8, 4) is 0 Å². The minimum atomic E-state index is -2.21. The van der Waals surface area contributed by atoms with Crippen LogP contribution in [0.1, 0.15) is 0 Å². The van der Waals surface area contributed by atoms with Crippen LogP contribution in [-0.2, 0) is 40.8 Å². The molecule has 0 radical (unpaired) electrons. The standard InChI is InChI=1S/C30H71NO10Si6/c1-42(2,3)33-20-22-23(25(38-44(7,8)9)27(29(32)34-22)40-46(13,14)15)36-30-28(41-47(16,17)18)26(39-45(10,11)12)24(21(19-31)35-30)37-43(4,5)6/h21-30,32H,19-20,31H2,1-18H3/t21-,22-,23-,24-,25+,26+,27-,28-,29+,30-/m1/s1. The number of hydrogen-bond acceptors (Lipinski definition) is 11. The van der Waals surface area contributed by atoms with Crippen LogP contribution in [0.15, 0.2) is 0 Å². The number of rotatable bonds is 16. The molecule has 0 saturated carbocycles. The molecule has 0 unspecified atom stereocenters. The second-order valence-corrected chi connectivity index (χ2v) is 45.7. The molecule has 0 aromatic rings. The molecule has 0 aliphatic carbocycles. The summed E-state index contributed by atoms with van der Waals surface area (Å²) in [6.45, 7) is 38.9. The highest BCUT2D eigenvalue weighted by molar-refractivity contribution is 6.71. The van der Waals surface area contributed by atoms with E-state index in [9.17, 15) is 5.11 Å². The molecule has 0 amide bonds. The van der Waals surface area contributed by atoms with Gasteiger partial charge in [0.2, 0.25) is 0 Å². The molecule has 2 aliphatic rings. The molecule has 2 aliphatic heterocycles. The van der Waals surface area contributed by atoms with E-state index in [2.05, 4.69) is 118 Å². The summed E-state index contributed by atoms with van der Waals surface area (Å²) in [7, 11) is -12.7. The van der Waals surface area contributed by atoms with Gasteiger partial charge in [-0.05, 0) is 118 Å². The number of aliphatic hydroxyl groups excluding tert-OH is 1. The van der Waals surface area contributed by atoms with E-state index in [1.54, 1.807) is 0 Å². The summed E-state index contributed by atoms with van der Waals surface area (Å²) in [6, 6.07) is 0.